The van der Waals surface area contributed by atoms with Crippen LogP contribution in [0.4, 0.5) is 5.95 Å². The molecule has 1 amide bonds. The number of hydrogen-bond acceptors (Lipinski definition) is 8. The fourth-order valence-electron chi connectivity index (χ4n) is 5.12. The first kappa shape index (κ1) is 32.1. The van der Waals surface area contributed by atoms with Crippen LogP contribution in [0.2, 0.25) is 0 Å². The molecule has 3 rings (SSSR count). The highest BCUT2D eigenvalue weighted by Gasteiger charge is 2.37. The Kier molecular flexibility index (Phi) is 13.6. The predicted octanol–water partition coefficient (Wildman–Crippen LogP) is 6.07. The molecule has 1 fully saturated rings. The number of esters is 1. The fraction of sp³-hybridized carbons (Fsp3) is 0.750. The second-order valence-electron chi connectivity index (χ2n) is 10.7. The number of aromatic nitrogens is 4. The summed E-state index contributed by atoms with van der Waals surface area (Å²) in [6.45, 7) is 3.45. The van der Waals surface area contributed by atoms with Gasteiger partial charge in [-0.3, -0.25) is 29.3 Å². The zero-order valence-corrected chi connectivity index (χ0v) is 24.3. The zero-order valence-electron chi connectivity index (χ0n) is 24.3. The molecular formula is C28H44N8O5. The Morgan fingerprint density at radius 2 is 1.76 bits per heavy atom. The molecule has 41 heavy (non-hydrogen) atoms. The minimum atomic E-state index is -0.654. The summed E-state index contributed by atoms with van der Waals surface area (Å²) in [6.07, 6.45) is 16.7. The monoisotopic (exact) mass is 572 g/mol. The lowest BCUT2D eigenvalue weighted by Gasteiger charge is -2.16. The third-order valence-corrected chi connectivity index (χ3v) is 7.36. The molecule has 0 saturated carbocycles. The molecule has 13 heteroatoms. The first-order chi connectivity index (χ1) is 19.9. The summed E-state index contributed by atoms with van der Waals surface area (Å²) in [5.41, 5.74) is 8.74. The Balaban J connectivity index is 1.44. The van der Waals surface area contributed by atoms with Gasteiger partial charge in [-0.25, -0.2) is 4.98 Å². The third-order valence-electron chi connectivity index (χ3n) is 7.36. The molecule has 0 bridgehead atoms. The van der Waals surface area contributed by atoms with E-state index in [4.69, 9.17) is 15.0 Å². The molecule has 0 aliphatic carbocycles. The quantitative estimate of drug-likeness (QED) is 0.0674. The van der Waals surface area contributed by atoms with E-state index in [9.17, 15) is 14.4 Å². The van der Waals surface area contributed by atoms with Crippen LogP contribution in [0.15, 0.2) is 16.2 Å². The first-order valence-corrected chi connectivity index (χ1v) is 15.0. The van der Waals surface area contributed by atoms with Gasteiger partial charge in [-0.1, -0.05) is 89.1 Å². The predicted molar refractivity (Wildman–Crippen MR) is 155 cm³/mol. The average Bonchev–Trinajstić information content (AvgIpc) is 3.54. The summed E-state index contributed by atoms with van der Waals surface area (Å²) >= 11 is 0. The fourth-order valence-corrected chi connectivity index (χ4v) is 5.12. The van der Waals surface area contributed by atoms with Crippen LogP contribution in [0.25, 0.3) is 21.6 Å². The third kappa shape index (κ3) is 10.5. The Morgan fingerprint density at radius 3 is 2.37 bits per heavy atom. The van der Waals surface area contributed by atoms with E-state index in [1.807, 2.05) is 0 Å². The van der Waals surface area contributed by atoms with Gasteiger partial charge in [0.1, 0.15) is 18.9 Å². The number of rotatable bonds is 19. The van der Waals surface area contributed by atoms with Gasteiger partial charge in [0.15, 0.2) is 11.2 Å². The number of hydrogen-bond donors (Lipinski definition) is 2. The number of carbonyl (C=O) groups excluding carboxylic acids is 2. The maximum absolute atomic E-state index is 12.6. The van der Waals surface area contributed by atoms with Crippen LogP contribution in [0, 0.1) is 0 Å². The average molecular weight is 573 g/mol. The first-order valence-electron chi connectivity index (χ1n) is 15.0. The van der Waals surface area contributed by atoms with E-state index in [1.165, 1.54) is 77.5 Å². The van der Waals surface area contributed by atoms with Crippen molar-refractivity contribution >= 4 is 29.0 Å². The van der Waals surface area contributed by atoms with Crippen molar-refractivity contribution in [3.8, 4) is 0 Å². The summed E-state index contributed by atoms with van der Waals surface area (Å²) in [6, 6.07) is -0.580. The molecule has 0 radical (unpaired) electrons. The minimum Gasteiger partial charge on any atom is -0.463 e. The van der Waals surface area contributed by atoms with Gasteiger partial charge in [-0.05, 0) is 12.0 Å². The Bertz CT molecular complexity index is 1220. The number of H-pyrrole nitrogens is 1. The molecule has 1 saturated heterocycles. The number of fused-ring (bicyclic) bond motifs is 1. The number of nitrogens with one attached hydrogen (secondary N) is 2. The van der Waals surface area contributed by atoms with Crippen LogP contribution < -0.4 is 10.9 Å². The second-order valence-corrected chi connectivity index (χ2v) is 10.7. The van der Waals surface area contributed by atoms with Crippen LogP contribution in [0.5, 0.6) is 0 Å². The van der Waals surface area contributed by atoms with Crippen LogP contribution in [0.3, 0.4) is 0 Å². The summed E-state index contributed by atoms with van der Waals surface area (Å²) in [4.78, 5) is 50.3. The zero-order chi connectivity index (χ0) is 29.5. The molecule has 3 atom stereocenters. The molecule has 1 aliphatic heterocycles. The summed E-state index contributed by atoms with van der Waals surface area (Å²) < 4.78 is 12.6. The standard InChI is InChI=1S/C28H44N8O5/c1-3-4-5-6-7-8-9-10-11-12-13-14-15-16-23(38)31-28-32-26-25(27(39)33-28)30-19-36(26)24-17-21(34-35-29)22(41-24)18-40-20(2)37/h19,21-22,24H,3-18H2,1-2H3,(H2,31,32,33,38,39)/t21-,22-,24-/m1/s1. The van der Waals surface area contributed by atoms with Crippen molar-refractivity contribution in [2.45, 2.75) is 129 Å². The molecule has 0 aromatic carbocycles. The van der Waals surface area contributed by atoms with Crippen molar-refractivity contribution in [1.29, 1.82) is 0 Å². The van der Waals surface area contributed by atoms with Crippen LogP contribution >= 0.6 is 0 Å². The molecule has 2 N–H and O–H groups in total. The minimum absolute atomic E-state index is 0.0324. The normalized spacial score (nSPS) is 18.3. The van der Waals surface area contributed by atoms with Gasteiger partial charge < -0.3 is 9.47 Å². The lowest BCUT2D eigenvalue weighted by Crippen LogP contribution is -2.26. The van der Waals surface area contributed by atoms with E-state index in [2.05, 4.69) is 37.2 Å². The highest BCUT2D eigenvalue weighted by Crippen LogP contribution is 2.32. The maximum Gasteiger partial charge on any atom is 0.302 e. The van der Waals surface area contributed by atoms with Crippen molar-refractivity contribution < 1.29 is 19.1 Å². The SMILES string of the molecule is CCCCCCCCCCCCCCCC(=O)Nc1nc2c(ncn2[C@H]2C[C@@H](N=[N+]=[N-])[C@@H](COC(C)=O)O2)c(=O)[nH]1. The van der Waals surface area contributed by atoms with Crippen LogP contribution in [-0.4, -0.2) is 50.1 Å². The lowest BCUT2D eigenvalue weighted by molar-refractivity contribution is -0.145. The molecule has 3 heterocycles. The van der Waals surface area contributed by atoms with E-state index in [1.54, 1.807) is 4.57 Å². The van der Waals surface area contributed by atoms with E-state index in [0.717, 1.165) is 19.3 Å². The van der Waals surface area contributed by atoms with Crippen molar-refractivity contribution in [3.05, 3.63) is 27.1 Å². The number of nitrogens with zero attached hydrogens (tertiary/aromatic N) is 6. The number of aromatic amines is 1. The van der Waals surface area contributed by atoms with Gasteiger partial charge in [0.05, 0.1) is 12.4 Å². The summed E-state index contributed by atoms with van der Waals surface area (Å²) in [5.74, 6) is -0.661. The molecule has 226 valence electrons. The van der Waals surface area contributed by atoms with Crippen molar-refractivity contribution in [2.24, 2.45) is 5.11 Å². The molecule has 1 aliphatic rings. The maximum atomic E-state index is 12.6. The molecule has 2 aromatic heterocycles. The Hall–Kier alpha value is -3.44. The number of unbranched alkanes of at least 4 members (excludes halogenated alkanes) is 12. The van der Waals surface area contributed by atoms with Crippen LogP contribution in [0.1, 0.15) is 116 Å². The van der Waals surface area contributed by atoms with Gasteiger partial charge in [0.2, 0.25) is 11.9 Å². The highest BCUT2D eigenvalue weighted by atomic mass is 16.6. The highest BCUT2D eigenvalue weighted by molar-refractivity contribution is 5.89. The van der Waals surface area contributed by atoms with Gasteiger partial charge in [0.25, 0.3) is 5.56 Å². The van der Waals surface area contributed by atoms with Crippen LogP contribution in [-0.2, 0) is 19.1 Å². The van der Waals surface area contributed by atoms with Gasteiger partial charge in [-0.2, -0.15) is 4.98 Å². The summed E-state index contributed by atoms with van der Waals surface area (Å²) in [5, 5.41) is 6.44. The molecule has 2 aromatic rings. The number of ether oxygens (including phenoxy) is 2. The lowest BCUT2D eigenvalue weighted by atomic mass is 10.0. The smallest absolute Gasteiger partial charge is 0.302 e. The summed E-state index contributed by atoms with van der Waals surface area (Å²) in [7, 11) is 0. The molecule has 0 spiro atoms. The van der Waals surface area contributed by atoms with Gasteiger partial charge >= 0.3 is 5.97 Å². The number of amides is 1. The van der Waals surface area contributed by atoms with E-state index >= 15 is 0 Å². The molecular weight excluding hydrogens is 528 g/mol. The van der Waals surface area contributed by atoms with E-state index < -0.39 is 29.9 Å². The largest absolute Gasteiger partial charge is 0.463 e. The van der Waals surface area contributed by atoms with Crippen molar-refractivity contribution in [3.63, 3.8) is 0 Å². The van der Waals surface area contributed by atoms with E-state index in [-0.39, 0.29) is 36.0 Å². The topological polar surface area (TPSA) is 177 Å². The Morgan fingerprint density at radius 1 is 1.12 bits per heavy atom. The molecule has 0 unspecified atom stereocenters. The number of anilines is 1. The number of carbonyl (C=O) groups is 2. The van der Waals surface area contributed by atoms with E-state index in [0.29, 0.717) is 6.42 Å². The number of azide groups is 1. The van der Waals surface area contributed by atoms with Crippen molar-refractivity contribution in [1.82, 2.24) is 19.5 Å². The van der Waals surface area contributed by atoms with Gasteiger partial charge in [0, 0.05) is 24.7 Å². The second kappa shape index (κ2) is 17.4. The Labute approximate surface area is 240 Å². The number of imidazole rings is 1. The molecule has 13 nitrogen and oxygen atoms in total. The van der Waals surface area contributed by atoms with Gasteiger partial charge in [-0.15, -0.1) is 0 Å². The van der Waals surface area contributed by atoms with Crippen molar-refractivity contribution in [2.75, 3.05) is 11.9 Å².